The van der Waals surface area contributed by atoms with Gasteiger partial charge in [0.05, 0.1) is 22.6 Å². The van der Waals surface area contributed by atoms with Crippen molar-refractivity contribution in [3.05, 3.63) is 39.7 Å². The van der Waals surface area contributed by atoms with E-state index in [-0.39, 0.29) is 33.9 Å². The number of benzene rings is 1. The number of halogens is 2. The molecule has 0 bridgehead atoms. The molecule has 6 heteroatoms. The van der Waals surface area contributed by atoms with Crippen molar-refractivity contribution >= 4 is 17.2 Å². The largest absolute Gasteiger partial charge is 0.485 e. The number of carbonyl (C=O) groups is 1. The summed E-state index contributed by atoms with van der Waals surface area (Å²) in [6.07, 6.45) is 4.97. The number of hydrogen-bond acceptors (Lipinski definition) is 3. The molecule has 2 aliphatic rings. The number of carbonyl (C=O) groups excluding carboxylic acids is 1. The molecule has 23 heavy (non-hydrogen) atoms. The molecule has 1 unspecified atom stereocenters. The Morgan fingerprint density at radius 1 is 1.39 bits per heavy atom. The van der Waals surface area contributed by atoms with Gasteiger partial charge in [0, 0.05) is 18.2 Å². The number of fused-ring (bicyclic) bond motifs is 1. The third-order valence-electron chi connectivity index (χ3n) is 5.07. The SMILES string of the molecule is CC1CC2(CCC2)n2cc(C=O)c(=O)c3cc(F)c(F)c(c32)O1. The van der Waals surface area contributed by atoms with Gasteiger partial charge in [0.1, 0.15) is 0 Å². The lowest BCUT2D eigenvalue weighted by Crippen LogP contribution is -2.43. The van der Waals surface area contributed by atoms with Gasteiger partial charge in [-0.05, 0) is 32.3 Å². The van der Waals surface area contributed by atoms with Crippen LogP contribution in [0.1, 0.15) is 43.0 Å². The molecular weight excluding hydrogens is 304 g/mol. The predicted octanol–water partition coefficient (Wildman–Crippen LogP) is 3.14. The van der Waals surface area contributed by atoms with Crippen LogP contribution in [0.5, 0.6) is 5.75 Å². The van der Waals surface area contributed by atoms with Crippen molar-refractivity contribution in [2.24, 2.45) is 0 Å². The summed E-state index contributed by atoms with van der Waals surface area (Å²) in [7, 11) is 0. The van der Waals surface area contributed by atoms with Crippen molar-refractivity contribution < 1.29 is 18.3 Å². The molecule has 0 radical (unpaired) electrons. The molecule has 1 fully saturated rings. The van der Waals surface area contributed by atoms with Gasteiger partial charge >= 0.3 is 0 Å². The van der Waals surface area contributed by atoms with Crippen LogP contribution in [0.4, 0.5) is 8.78 Å². The summed E-state index contributed by atoms with van der Waals surface area (Å²) in [5, 5.41) is -0.0103. The molecule has 1 spiro atoms. The Balaban J connectivity index is 2.21. The second kappa shape index (κ2) is 4.63. The number of pyridine rings is 1. The number of hydrogen-bond donors (Lipinski definition) is 0. The minimum atomic E-state index is -1.14. The van der Waals surface area contributed by atoms with Crippen LogP contribution >= 0.6 is 0 Å². The summed E-state index contributed by atoms with van der Waals surface area (Å²) in [5.74, 6) is -2.46. The van der Waals surface area contributed by atoms with Gasteiger partial charge in [0.25, 0.3) is 0 Å². The average molecular weight is 319 g/mol. The predicted molar refractivity (Wildman–Crippen MR) is 80.0 cm³/mol. The topological polar surface area (TPSA) is 48.3 Å². The molecule has 4 rings (SSSR count). The first-order valence-electron chi connectivity index (χ1n) is 7.66. The van der Waals surface area contributed by atoms with E-state index in [0.29, 0.717) is 12.7 Å². The van der Waals surface area contributed by atoms with E-state index in [2.05, 4.69) is 0 Å². The molecule has 1 aromatic heterocycles. The van der Waals surface area contributed by atoms with Crippen LogP contribution in [0.3, 0.4) is 0 Å². The summed E-state index contributed by atoms with van der Waals surface area (Å²) in [6, 6.07) is 0.867. The summed E-state index contributed by atoms with van der Waals surface area (Å²) in [5.41, 5.74) is -0.698. The summed E-state index contributed by atoms with van der Waals surface area (Å²) in [6.45, 7) is 1.81. The molecule has 1 atom stereocenters. The van der Waals surface area contributed by atoms with E-state index >= 15 is 0 Å². The third-order valence-corrected chi connectivity index (χ3v) is 5.07. The highest BCUT2D eigenvalue weighted by Gasteiger charge is 2.44. The number of aldehydes is 1. The molecular formula is C17H15F2NO3. The van der Waals surface area contributed by atoms with Gasteiger partial charge in [0.2, 0.25) is 5.82 Å². The van der Waals surface area contributed by atoms with Gasteiger partial charge in [-0.2, -0.15) is 4.39 Å². The van der Waals surface area contributed by atoms with Crippen molar-refractivity contribution in [1.29, 1.82) is 0 Å². The van der Waals surface area contributed by atoms with Crippen molar-refractivity contribution in [1.82, 2.24) is 4.57 Å². The summed E-state index contributed by atoms with van der Waals surface area (Å²) < 4.78 is 35.6. The second-order valence-corrected chi connectivity index (χ2v) is 6.51. The fourth-order valence-electron chi connectivity index (χ4n) is 3.89. The van der Waals surface area contributed by atoms with Crippen molar-refractivity contribution in [3.8, 4) is 5.75 Å². The van der Waals surface area contributed by atoms with Crippen LogP contribution in [0.2, 0.25) is 0 Å². The van der Waals surface area contributed by atoms with Gasteiger partial charge in [0.15, 0.2) is 23.3 Å². The molecule has 1 saturated carbocycles. The lowest BCUT2D eigenvalue weighted by Gasteiger charge is -2.44. The van der Waals surface area contributed by atoms with Gasteiger partial charge in [-0.15, -0.1) is 0 Å². The number of ether oxygens (including phenoxy) is 1. The molecule has 0 saturated heterocycles. The fourth-order valence-corrected chi connectivity index (χ4v) is 3.89. The maximum atomic E-state index is 14.3. The van der Waals surface area contributed by atoms with E-state index in [1.54, 1.807) is 11.5 Å². The van der Waals surface area contributed by atoms with E-state index < -0.39 is 17.1 Å². The highest BCUT2D eigenvalue weighted by Crippen LogP contribution is 2.48. The van der Waals surface area contributed by atoms with Crippen LogP contribution in [0, 0.1) is 11.6 Å². The standard InChI is InChI=1S/C17H15F2NO3/c1-9-6-17(3-2-4-17)20-7-10(8-21)15(22)11-5-12(18)13(19)16(23-9)14(11)20/h5,7-9H,2-4,6H2,1H3. The zero-order valence-electron chi connectivity index (χ0n) is 12.6. The lowest BCUT2D eigenvalue weighted by molar-refractivity contribution is 0.0819. The van der Waals surface area contributed by atoms with E-state index in [9.17, 15) is 18.4 Å². The Bertz CT molecular complexity index is 899. The number of nitrogens with zero attached hydrogens (tertiary/aromatic N) is 1. The van der Waals surface area contributed by atoms with Crippen LogP contribution in [-0.2, 0) is 5.54 Å². The first-order valence-corrected chi connectivity index (χ1v) is 7.66. The Kier molecular flexibility index (Phi) is 2.89. The van der Waals surface area contributed by atoms with E-state index in [1.807, 2.05) is 0 Å². The minimum Gasteiger partial charge on any atom is -0.485 e. The van der Waals surface area contributed by atoms with Crippen LogP contribution in [-0.4, -0.2) is 17.0 Å². The molecule has 2 aromatic rings. The van der Waals surface area contributed by atoms with Crippen LogP contribution < -0.4 is 10.2 Å². The lowest BCUT2D eigenvalue weighted by atomic mass is 9.72. The van der Waals surface area contributed by atoms with Gasteiger partial charge < -0.3 is 9.30 Å². The van der Waals surface area contributed by atoms with Crippen LogP contribution in [0.25, 0.3) is 10.9 Å². The first kappa shape index (κ1) is 14.4. The van der Waals surface area contributed by atoms with Crippen LogP contribution in [0.15, 0.2) is 17.1 Å². The van der Waals surface area contributed by atoms with E-state index in [4.69, 9.17) is 4.74 Å². The molecule has 1 aliphatic carbocycles. The zero-order chi connectivity index (χ0) is 16.4. The highest BCUT2D eigenvalue weighted by atomic mass is 19.2. The highest BCUT2D eigenvalue weighted by molar-refractivity contribution is 5.90. The second-order valence-electron chi connectivity index (χ2n) is 6.51. The Morgan fingerprint density at radius 2 is 2.13 bits per heavy atom. The van der Waals surface area contributed by atoms with Gasteiger partial charge in [-0.3, -0.25) is 9.59 Å². The third kappa shape index (κ3) is 1.81. The summed E-state index contributed by atoms with van der Waals surface area (Å²) >= 11 is 0. The molecule has 2 heterocycles. The maximum absolute atomic E-state index is 14.3. The quantitative estimate of drug-likeness (QED) is 0.759. The van der Waals surface area contributed by atoms with Gasteiger partial charge in [-0.1, -0.05) is 0 Å². The zero-order valence-corrected chi connectivity index (χ0v) is 12.6. The Labute approximate surface area is 130 Å². The summed E-state index contributed by atoms with van der Waals surface area (Å²) in [4.78, 5) is 23.6. The van der Waals surface area contributed by atoms with Crippen molar-refractivity contribution in [2.45, 2.75) is 44.2 Å². The molecule has 4 nitrogen and oxygen atoms in total. The first-order chi connectivity index (χ1) is 11.0. The fraction of sp³-hybridized carbons (Fsp3) is 0.412. The monoisotopic (exact) mass is 319 g/mol. The number of rotatable bonds is 1. The van der Waals surface area contributed by atoms with Gasteiger partial charge in [-0.25, -0.2) is 4.39 Å². The number of aromatic nitrogens is 1. The van der Waals surface area contributed by atoms with Crippen molar-refractivity contribution in [3.63, 3.8) is 0 Å². The molecule has 1 aromatic carbocycles. The Hall–Kier alpha value is -2.24. The maximum Gasteiger partial charge on any atom is 0.202 e. The molecule has 120 valence electrons. The van der Waals surface area contributed by atoms with E-state index in [0.717, 1.165) is 25.3 Å². The van der Waals surface area contributed by atoms with Crippen molar-refractivity contribution in [2.75, 3.05) is 0 Å². The smallest absolute Gasteiger partial charge is 0.202 e. The van der Waals surface area contributed by atoms with E-state index in [1.165, 1.54) is 6.20 Å². The molecule has 0 amide bonds. The molecule has 1 aliphatic heterocycles. The molecule has 0 N–H and O–H groups in total. The minimum absolute atomic E-state index is 0.0103. The Morgan fingerprint density at radius 3 is 2.74 bits per heavy atom. The normalized spacial score (nSPS) is 21.6. The average Bonchev–Trinajstić information content (AvgIpc) is 2.62.